The van der Waals surface area contributed by atoms with Gasteiger partial charge in [0.1, 0.15) is 0 Å². The SMILES string of the molecule is Cc1cc(C)c(C(C)(O)CN2CCNCC2)cc1C. The second-order valence-electron chi connectivity index (χ2n) is 6.05. The van der Waals surface area contributed by atoms with Crippen molar-refractivity contribution in [3.8, 4) is 0 Å². The summed E-state index contributed by atoms with van der Waals surface area (Å²) < 4.78 is 0. The number of aryl methyl sites for hydroxylation is 3. The normalized spacial score (nSPS) is 20.3. The van der Waals surface area contributed by atoms with E-state index < -0.39 is 5.60 Å². The Morgan fingerprint density at radius 3 is 2.32 bits per heavy atom. The van der Waals surface area contributed by atoms with E-state index in [0.29, 0.717) is 6.54 Å². The van der Waals surface area contributed by atoms with Crippen molar-refractivity contribution in [3.05, 3.63) is 34.4 Å². The number of nitrogens with zero attached hydrogens (tertiary/aromatic N) is 1. The average molecular weight is 262 g/mol. The third kappa shape index (κ3) is 3.35. The number of rotatable bonds is 3. The highest BCUT2D eigenvalue weighted by Crippen LogP contribution is 2.27. The molecule has 3 heteroatoms. The fourth-order valence-electron chi connectivity index (χ4n) is 2.93. The number of nitrogens with one attached hydrogen (secondary N) is 1. The summed E-state index contributed by atoms with van der Waals surface area (Å²) in [6, 6.07) is 4.32. The topological polar surface area (TPSA) is 35.5 Å². The largest absolute Gasteiger partial charge is 0.384 e. The first-order valence-electron chi connectivity index (χ1n) is 7.14. The molecule has 0 aromatic heterocycles. The minimum Gasteiger partial charge on any atom is -0.384 e. The van der Waals surface area contributed by atoms with Gasteiger partial charge in [0.2, 0.25) is 0 Å². The van der Waals surface area contributed by atoms with Crippen LogP contribution in [0, 0.1) is 20.8 Å². The van der Waals surface area contributed by atoms with Gasteiger partial charge in [-0.25, -0.2) is 0 Å². The summed E-state index contributed by atoms with van der Waals surface area (Å²) in [6.45, 7) is 13.0. The van der Waals surface area contributed by atoms with Crippen molar-refractivity contribution in [2.45, 2.75) is 33.3 Å². The molecule has 0 amide bonds. The summed E-state index contributed by atoms with van der Waals surface area (Å²) in [5, 5.41) is 14.2. The highest BCUT2D eigenvalue weighted by molar-refractivity contribution is 5.39. The summed E-state index contributed by atoms with van der Waals surface area (Å²) >= 11 is 0. The quantitative estimate of drug-likeness (QED) is 0.871. The van der Waals surface area contributed by atoms with Crippen molar-refractivity contribution >= 4 is 0 Å². The zero-order valence-corrected chi connectivity index (χ0v) is 12.6. The Labute approximate surface area is 116 Å². The molecule has 2 rings (SSSR count). The molecule has 1 heterocycles. The van der Waals surface area contributed by atoms with E-state index in [2.05, 4.69) is 43.1 Å². The Hall–Kier alpha value is -0.900. The average Bonchev–Trinajstić information content (AvgIpc) is 2.34. The van der Waals surface area contributed by atoms with Gasteiger partial charge in [0.05, 0.1) is 5.60 Å². The van der Waals surface area contributed by atoms with Crippen molar-refractivity contribution in [1.82, 2.24) is 10.2 Å². The maximum Gasteiger partial charge on any atom is 0.0997 e. The Morgan fingerprint density at radius 1 is 1.11 bits per heavy atom. The van der Waals surface area contributed by atoms with Crippen LogP contribution in [0.5, 0.6) is 0 Å². The van der Waals surface area contributed by atoms with Crippen LogP contribution in [0.25, 0.3) is 0 Å². The maximum absolute atomic E-state index is 10.9. The Balaban J connectivity index is 2.20. The molecule has 1 fully saturated rings. The van der Waals surface area contributed by atoms with Crippen LogP contribution in [0.15, 0.2) is 12.1 Å². The Kier molecular flexibility index (Phi) is 4.29. The fourth-order valence-corrected chi connectivity index (χ4v) is 2.93. The Bertz CT molecular complexity index is 448. The van der Waals surface area contributed by atoms with Gasteiger partial charge >= 0.3 is 0 Å². The molecule has 0 saturated carbocycles. The van der Waals surface area contributed by atoms with Crippen LogP contribution >= 0.6 is 0 Å². The van der Waals surface area contributed by atoms with Gasteiger partial charge in [-0.05, 0) is 49.9 Å². The van der Waals surface area contributed by atoms with Crippen LogP contribution in [0.1, 0.15) is 29.2 Å². The lowest BCUT2D eigenvalue weighted by atomic mass is 9.88. The van der Waals surface area contributed by atoms with E-state index >= 15 is 0 Å². The molecule has 1 unspecified atom stereocenters. The van der Waals surface area contributed by atoms with Gasteiger partial charge in [-0.15, -0.1) is 0 Å². The van der Waals surface area contributed by atoms with Crippen LogP contribution in [-0.2, 0) is 5.60 Å². The highest BCUT2D eigenvalue weighted by Gasteiger charge is 2.28. The predicted octanol–water partition coefficient (Wildman–Crippen LogP) is 1.72. The molecule has 0 spiro atoms. The zero-order valence-electron chi connectivity index (χ0n) is 12.6. The molecule has 3 nitrogen and oxygen atoms in total. The first kappa shape index (κ1) is 14.5. The van der Waals surface area contributed by atoms with Crippen molar-refractivity contribution < 1.29 is 5.11 Å². The number of piperazine rings is 1. The fraction of sp³-hybridized carbons (Fsp3) is 0.625. The molecular formula is C16H26N2O. The minimum absolute atomic E-state index is 0.706. The zero-order chi connectivity index (χ0) is 14.0. The number of hydrogen-bond donors (Lipinski definition) is 2. The molecule has 19 heavy (non-hydrogen) atoms. The van der Waals surface area contributed by atoms with Crippen molar-refractivity contribution in [3.63, 3.8) is 0 Å². The number of hydrogen-bond acceptors (Lipinski definition) is 3. The van der Waals surface area contributed by atoms with Gasteiger partial charge in [0.15, 0.2) is 0 Å². The first-order chi connectivity index (χ1) is 8.90. The molecule has 1 aliphatic heterocycles. The van der Waals surface area contributed by atoms with Crippen LogP contribution in [0.4, 0.5) is 0 Å². The smallest absolute Gasteiger partial charge is 0.0997 e. The number of benzene rings is 1. The van der Waals surface area contributed by atoms with Crippen LogP contribution in [-0.4, -0.2) is 42.7 Å². The third-order valence-corrected chi connectivity index (χ3v) is 4.16. The van der Waals surface area contributed by atoms with E-state index in [1.165, 1.54) is 16.7 Å². The Morgan fingerprint density at radius 2 is 1.68 bits per heavy atom. The molecule has 1 atom stereocenters. The van der Waals surface area contributed by atoms with Crippen molar-refractivity contribution in [2.75, 3.05) is 32.7 Å². The van der Waals surface area contributed by atoms with Crippen molar-refractivity contribution in [1.29, 1.82) is 0 Å². The van der Waals surface area contributed by atoms with Crippen LogP contribution in [0.3, 0.4) is 0 Å². The lowest BCUT2D eigenvalue weighted by Gasteiger charge is -2.35. The number of β-amino-alcohol motifs (C(OH)–C–C–N with tert-alkyl or cyclic N) is 1. The molecule has 0 radical (unpaired) electrons. The summed E-state index contributed by atoms with van der Waals surface area (Å²) in [6.07, 6.45) is 0. The second kappa shape index (κ2) is 5.61. The second-order valence-corrected chi connectivity index (χ2v) is 6.05. The van der Waals surface area contributed by atoms with Gasteiger partial charge in [-0.3, -0.25) is 4.90 Å². The van der Waals surface area contributed by atoms with E-state index in [1.54, 1.807) is 0 Å². The van der Waals surface area contributed by atoms with E-state index in [1.807, 2.05) is 6.92 Å². The molecule has 1 aliphatic rings. The van der Waals surface area contributed by atoms with Gasteiger partial charge in [0, 0.05) is 32.7 Å². The minimum atomic E-state index is -0.778. The monoisotopic (exact) mass is 262 g/mol. The van der Waals surface area contributed by atoms with E-state index in [4.69, 9.17) is 0 Å². The van der Waals surface area contributed by atoms with Gasteiger partial charge < -0.3 is 10.4 Å². The van der Waals surface area contributed by atoms with Gasteiger partial charge in [-0.1, -0.05) is 12.1 Å². The standard InChI is InChI=1S/C16H26N2O/c1-12-9-14(3)15(10-13(12)2)16(4,19)11-18-7-5-17-6-8-18/h9-10,17,19H,5-8,11H2,1-4H3. The molecular weight excluding hydrogens is 236 g/mol. The molecule has 1 aromatic carbocycles. The third-order valence-electron chi connectivity index (χ3n) is 4.16. The van der Waals surface area contributed by atoms with Crippen molar-refractivity contribution in [2.24, 2.45) is 0 Å². The van der Waals surface area contributed by atoms with Crippen LogP contribution < -0.4 is 5.32 Å². The summed E-state index contributed by atoms with van der Waals surface area (Å²) in [5.74, 6) is 0. The molecule has 2 N–H and O–H groups in total. The summed E-state index contributed by atoms with van der Waals surface area (Å²) in [7, 11) is 0. The summed E-state index contributed by atoms with van der Waals surface area (Å²) in [4.78, 5) is 2.34. The number of aliphatic hydroxyl groups is 1. The molecule has 0 aliphatic carbocycles. The molecule has 1 saturated heterocycles. The van der Waals surface area contributed by atoms with Crippen LogP contribution in [0.2, 0.25) is 0 Å². The lowest BCUT2D eigenvalue weighted by Crippen LogP contribution is -2.48. The highest BCUT2D eigenvalue weighted by atomic mass is 16.3. The molecule has 106 valence electrons. The van der Waals surface area contributed by atoms with Gasteiger partial charge in [0.25, 0.3) is 0 Å². The summed E-state index contributed by atoms with van der Waals surface area (Å²) in [5.41, 5.74) is 4.01. The van der Waals surface area contributed by atoms with Gasteiger partial charge in [-0.2, -0.15) is 0 Å². The first-order valence-corrected chi connectivity index (χ1v) is 7.14. The molecule has 0 bridgehead atoms. The van der Waals surface area contributed by atoms with E-state index in [9.17, 15) is 5.11 Å². The maximum atomic E-state index is 10.9. The van der Waals surface area contributed by atoms with E-state index in [0.717, 1.165) is 31.7 Å². The van der Waals surface area contributed by atoms with E-state index in [-0.39, 0.29) is 0 Å². The lowest BCUT2D eigenvalue weighted by molar-refractivity contribution is 0.0120. The molecule has 1 aromatic rings. The predicted molar refractivity (Wildman–Crippen MR) is 79.5 cm³/mol.